The second-order valence-electron chi connectivity index (χ2n) is 16.5. The standard InChI is InChI=1S/C57H40N2O/c1-57(2)49-23-10-6-19-43(49)44-32-29-39(36-50(44)57)38-15-14-18-42(35-38)58(40-16-4-3-5-17-40)53-34-33-48-47-22-9-13-26-54(47)60-56(48)55(53)37-27-30-41(31-28-37)59-51-24-11-7-20-45(51)46-21-8-12-25-52(46)59/h3-36H,1-2H3. The van der Waals surface area contributed by atoms with E-state index < -0.39 is 0 Å². The van der Waals surface area contributed by atoms with E-state index in [4.69, 9.17) is 4.42 Å². The average Bonchev–Trinajstić information content (AvgIpc) is 3.92. The van der Waals surface area contributed by atoms with E-state index in [1.54, 1.807) is 0 Å². The van der Waals surface area contributed by atoms with Crippen LogP contribution in [0.5, 0.6) is 0 Å². The van der Waals surface area contributed by atoms with Crippen molar-refractivity contribution >= 4 is 60.8 Å². The lowest BCUT2D eigenvalue weighted by Crippen LogP contribution is -2.14. The minimum Gasteiger partial charge on any atom is -0.455 e. The molecule has 0 aliphatic heterocycles. The molecule has 0 saturated carbocycles. The lowest BCUT2D eigenvalue weighted by Gasteiger charge is -2.28. The van der Waals surface area contributed by atoms with Crippen LogP contribution in [0.3, 0.4) is 0 Å². The molecule has 2 heterocycles. The third-order valence-corrected chi connectivity index (χ3v) is 12.8. The van der Waals surface area contributed by atoms with Crippen LogP contribution in [0, 0.1) is 0 Å². The van der Waals surface area contributed by atoms with E-state index in [-0.39, 0.29) is 5.41 Å². The van der Waals surface area contributed by atoms with E-state index >= 15 is 0 Å². The second kappa shape index (κ2) is 13.2. The van der Waals surface area contributed by atoms with Crippen molar-refractivity contribution in [3.05, 3.63) is 217 Å². The molecule has 9 aromatic carbocycles. The van der Waals surface area contributed by atoms with Crippen LogP contribution in [0.15, 0.2) is 211 Å². The second-order valence-corrected chi connectivity index (χ2v) is 16.5. The predicted molar refractivity (Wildman–Crippen MR) is 251 cm³/mol. The summed E-state index contributed by atoms with van der Waals surface area (Å²) in [5.41, 5.74) is 18.3. The summed E-state index contributed by atoms with van der Waals surface area (Å²) in [6.45, 7) is 4.69. The molecule has 0 saturated heterocycles. The van der Waals surface area contributed by atoms with Crippen molar-refractivity contribution in [1.82, 2.24) is 4.57 Å². The van der Waals surface area contributed by atoms with Crippen molar-refractivity contribution in [2.45, 2.75) is 19.3 Å². The molecule has 0 bridgehead atoms. The molecule has 0 unspecified atom stereocenters. The van der Waals surface area contributed by atoms with Crippen molar-refractivity contribution in [1.29, 1.82) is 0 Å². The largest absolute Gasteiger partial charge is 0.455 e. The molecule has 284 valence electrons. The first-order chi connectivity index (χ1) is 29.5. The minimum atomic E-state index is -0.0797. The number of benzene rings is 9. The minimum absolute atomic E-state index is 0.0797. The van der Waals surface area contributed by atoms with Gasteiger partial charge in [0.1, 0.15) is 11.2 Å². The Labute approximate surface area is 349 Å². The fourth-order valence-electron chi connectivity index (χ4n) is 9.93. The van der Waals surface area contributed by atoms with Gasteiger partial charge in [0.25, 0.3) is 0 Å². The van der Waals surface area contributed by atoms with Crippen molar-refractivity contribution in [3.63, 3.8) is 0 Å². The van der Waals surface area contributed by atoms with E-state index in [9.17, 15) is 0 Å². The van der Waals surface area contributed by atoms with Gasteiger partial charge in [-0.1, -0.05) is 147 Å². The summed E-state index contributed by atoms with van der Waals surface area (Å²) < 4.78 is 9.24. The maximum absolute atomic E-state index is 6.87. The Morgan fingerprint density at radius 2 is 1.05 bits per heavy atom. The Kier molecular flexibility index (Phi) is 7.58. The highest BCUT2D eigenvalue weighted by Crippen LogP contribution is 2.51. The van der Waals surface area contributed by atoms with E-state index in [1.807, 2.05) is 6.07 Å². The van der Waals surface area contributed by atoms with Crippen molar-refractivity contribution in [2.75, 3.05) is 4.90 Å². The first-order valence-corrected chi connectivity index (χ1v) is 20.8. The molecular weight excluding hydrogens is 729 g/mol. The van der Waals surface area contributed by atoms with Gasteiger partial charge >= 0.3 is 0 Å². The molecule has 0 amide bonds. The van der Waals surface area contributed by atoms with Gasteiger partial charge in [0.15, 0.2) is 0 Å². The highest BCUT2D eigenvalue weighted by Gasteiger charge is 2.35. The van der Waals surface area contributed by atoms with Gasteiger partial charge in [0.05, 0.1) is 16.7 Å². The number of anilines is 3. The molecule has 0 spiro atoms. The number of aromatic nitrogens is 1. The lowest BCUT2D eigenvalue weighted by molar-refractivity contribution is 0.660. The first kappa shape index (κ1) is 34.4. The molecule has 12 rings (SSSR count). The van der Waals surface area contributed by atoms with Crippen LogP contribution in [-0.2, 0) is 5.41 Å². The maximum atomic E-state index is 6.87. The fourth-order valence-corrected chi connectivity index (χ4v) is 9.93. The molecule has 0 fully saturated rings. The molecular formula is C57H40N2O. The van der Waals surface area contributed by atoms with Gasteiger partial charge in [0.2, 0.25) is 0 Å². The Bertz CT molecular complexity index is 3410. The number of fused-ring (bicyclic) bond motifs is 9. The summed E-state index contributed by atoms with van der Waals surface area (Å²) >= 11 is 0. The van der Waals surface area contributed by atoms with Crippen LogP contribution in [0.2, 0.25) is 0 Å². The predicted octanol–water partition coefficient (Wildman–Crippen LogP) is 15.8. The van der Waals surface area contributed by atoms with Gasteiger partial charge in [-0.15, -0.1) is 0 Å². The van der Waals surface area contributed by atoms with Gasteiger partial charge in [-0.25, -0.2) is 0 Å². The van der Waals surface area contributed by atoms with Gasteiger partial charge in [-0.05, 0) is 112 Å². The van der Waals surface area contributed by atoms with E-state index in [0.717, 1.165) is 55.8 Å². The molecule has 3 heteroatoms. The third-order valence-electron chi connectivity index (χ3n) is 12.8. The lowest BCUT2D eigenvalue weighted by atomic mass is 9.81. The molecule has 0 N–H and O–H groups in total. The topological polar surface area (TPSA) is 21.3 Å². The number of rotatable bonds is 6. The molecule has 1 aliphatic rings. The Hall–Kier alpha value is -7.62. The highest BCUT2D eigenvalue weighted by molar-refractivity contribution is 6.13. The molecule has 3 nitrogen and oxygen atoms in total. The molecule has 2 aromatic heterocycles. The molecule has 60 heavy (non-hydrogen) atoms. The quantitative estimate of drug-likeness (QED) is 0.168. The fraction of sp³-hybridized carbons (Fsp3) is 0.0526. The van der Waals surface area contributed by atoms with Crippen molar-refractivity contribution in [3.8, 4) is 39.1 Å². The number of nitrogens with zero attached hydrogens (tertiary/aromatic N) is 2. The summed E-state index contributed by atoms with van der Waals surface area (Å²) in [7, 11) is 0. The normalized spacial score (nSPS) is 13.0. The Morgan fingerprint density at radius 3 is 1.83 bits per heavy atom. The zero-order valence-corrected chi connectivity index (χ0v) is 33.4. The van der Waals surface area contributed by atoms with Crippen molar-refractivity contribution < 1.29 is 4.42 Å². The van der Waals surface area contributed by atoms with Crippen LogP contribution < -0.4 is 4.90 Å². The summed E-state index contributed by atoms with van der Waals surface area (Å²) in [5.74, 6) is 0. The Morgan fingerprint density at radius 1 is 0.433 bits per heavy atom. The van der Waals surface area contributed by atoms with Crippen LogP contribution in [0.25, 0.3) is 82.8 Å². The van der Waals surface area contributed by atoms with E-state index in [1.165, 1.54) is 55.2 Å². The van der Waals surface area contributed by atoms with Gasteiger partial charge in [-0.3, -0.25) is 0 Å². The number of furan rings is 1. The number of para-hydroxylation sites is 4. The smallest absolute Gasteiger partial charge is 0.145 e. The number of hydrogen-bond acceptors (Lipinski definition) is 2. The van der Waals surface area contributed by atoms with Crippen molar-refractivity contribution in [2.24, 2.45) is 0 Å². The van der Waals surface area contributed by atoms with Gasteiger partial charge < -0.3 is 13.9 Å². The first-order valence-electron chi connectivity index (χ1n) is 20.8. The number of hydrogen-bond donors (Lipinski definition) is 0. The van der Waals surface area contributed by atoms with Gasteiger partial charge in [0, 0.05) is 49.6 Å². The zero-order valence-electron chi connectivity index (χ0n) is 33.4. The van der Waals surface area contributed by atoms with Gasteiger partial charge in [-0.2, -0.15) is 0 Å². The van der Waals surface area contributed by atoms with E-state index in [0.29, 0.717) is 0 Å². The Balaban J connectivity index is 1.05. The average molecular weight is 769 g/mol. The highest BCUT2D eigenvalue weighted by atomic mass is 16.3. The SMILES string of the molecule is CC1(C)c2ccccc2-c2ccc(-c3cccc(N(c4ccccc4)c4ccc5c(oc6ccccc65)c4-c4ccc(-n5c6ccccc6c6ccccc65)cc4)c3)cc21. The molecule has 11 aromatic rings. The van der Waals surface area contributed by atoms with Crippen LogP contribution in [0.4, 0.5) is 17.1 Å². The maximum Gasteiger partial charge on any atom is 0.145 e. The molecule has 0 atom stereocenters. The third kappa shape index (κ3) is 5.15. The summed E-state index contributed by atoms with van der Waals surface area (Å²) in [4.78, 5) is 2.39. The summed E-state index contributed by atoms with van der Waals surface area (Å²) in [6, 6.07) is 74.8. The molecule has 0 radical (unpaired) electrons. The summed E-state index contributed by atoms with van der Waals surface area (Å²) in [6.07, 6.45) is 0. The monoisotopic (exact) mass is 768 g/mol. The van der Waals surface area contributed by atoms with Crippen LogP contribution in [-0.4, -0.2) is 4.57 Å². The zero-order chi connectivity index (χ0) is 40.0. The van der Waals surface area contributed by atoms with Crippen LogP contribution in [0.1, 0.15) is 25.0 Å². The summed E-state index contributed by atoms with van der Waals surface area (Å²) in [5, 5.41) is 4.71. The molecule has 1 aliphatic carbocycles. The van der Waals surface area contributed by atoms with E-state index in [2.05, 4.69) is 224 Å². The van der Waals surface area contributed by atoms with Crippen LogP contribution >= 0.6 is 0 Å².